The van der Waals surface area contributed by atoms with Gasteiger partial charge in [-0.2, -0.15) is 9.78 Å². The second kappa shape index (κ2) is 10.5. The van der Waals surface area contributed by atoms with E-state index in [4.69, 9.17) is 27.9 Å². The molecule has 0 bridgehead atoms. The Labute approximate surface area is 186 Å². The number of carbonyl (C=O) groups excluding carboxylic acids is 1. The Balaban J connectivity index is 1.68. The second-order valence-corrected chi connectivity index (χ2v) is 7.77. The van der Waals surface area contributed by atoms with Crippen LogP contribution in [0.5, 0.6) is 5.75 Å². The van der Waals surface area contributed by atoms with Gasteiger partial charge < -0.3 is 10.1 Å². The largest absolute Gasteiger partial charge is 0.494 e. The van der Waals surface area contributed by atoms with E-state index in [2.05, 4.69) is 22.3 Å². The van der Waals surface area contributed by atoms with Gasteiger partial charge in [-0.25, -0.2) is 4.98 Å². The van der Waals surface area contributed by atoms with E-state index in [1.54, 1.807) is 36.4 Å². The summed E-state index contributed by atoms with van der Waals surface area (Å²) in [4.78, 5) is 17.0. The molecule has 0 spiro atoms. The van der Waals surface area contributed by atoms with Gasteiger partial charge in [0.2, 0.25) is 0 Å². The van der Waals surface area contributed by atoms with Crippen LogP contribution in [0.15, 0.2) is 42.6 Å². The molecule has 8 heteroatoms. The van der Waals surface area contributed by atoms with Gasteiger partial charge >= 0.3 is 0 Å². The van der Waals surface area contributed by atoms with E-state index >= 15 is 0 Å². The Morgan fingerprint density at radius 1 is 1.13 bits per heavy atom. The van der Waals surface area contributed by atoms with Crippen molar-refractivity contribution in [2.75, 3.05) is 11.9 Å². The molecule has 1 N–H and O–H groups in total. The lowest BCUT2D eigenvalue weighted by Crippen LogP contribution is -2.15. The zero-order chi connectivity index (χ0) is 21.5. The number of nitrogens with one attached hydrogen (secondary N) is 1. The Morgan fingerprint density at radius 2 is 1.90 bits per heavy atom. The average molecular weight is 447 g/mol. The van der Waals surface area contributed by atoms with Crippen LogP contribution in [0.25, 0.3) is 5.82 Å². The van der Waals surface area contributed by atoms with Crippen molar-refractivity contribution < 1.29 is 9.53 Å². The number of pyridine rings is 1. The third-order valence-electron chi connectivity index (χ3n) is 4.45. The normalized spacial score (nSPS) is 10.8. The van der Waals surface area contributed by atoms with Gasteiger partial charge in [0.15, 0.2) is 5.82 Å². The predicted octanol–water partition coefficient (Wildman–Crippen LogP) is 6.09. The van der Waals surface area contributed by atoms with Gasteiger partial charge in [-0.15, -0.1) is 0 Å². The van der Waals surface area contributed by atoms with Gasteiger partial charge in [-0.1, -0.05) is 49.4 Å². The number of ether oxygens (including phenoxy) is 1. The zero-order valence-corrected chi connectivity index (χ0v) is 18.5. The van der Waals surface area contributed by atoms with Crippen molar-refractivity contribution >= 4 is 34.9 Å². The molecule has 0 saturated carbocycles. The van der Waals surface area contributed by atoms with Crippen molar-refractivity contribution in [2.45, 2.75) is 39.5 Å². The third-order valence-corrected chi connectivity index (χ3v) is 4.93. The zero-order valence-electron chi connectivity index (χ0n) is 17.0. The van der Waals surface area contributed by atoms with Gasteiger partial charge in [0, 0.05) is 17.8 Å². The summed E-state index contributed by atoms with van der Waals surface area (Å²) in [7, 11) is 0. The number of benzene rings is 1. The Kier molecular flexibility index (Phi) is 7.71. The molecule has 2 heterocycles. The molecule has 3 aromatic rings. The highest BCUT2D eigenvalue weighted by atomic mass is 35.5. The maximum absolute atomic E-state index is 12.7. The molecule has 1 amide bonds. The first-order chi connectivity index (χ1) is 14.5. The summed E-state index contributed by atoms with van der Waals surface area (Å²) in [6.45, 7) is 4.68. The Morgan fingerprint density at radius 3 is 2.60 bits per heavy atom. The van der Waals surface area contributed by atoms with E-state index in [9.17, 15) is 4.79 Å². The van der Waals surface area contributed by atoms with E-state index in [1.165, 1.54) is 23.7 Å². The standard InChI is InChI=1S/C22H24Cl2N4O2/c1-3-4-5-6-11-30-18-9-7-16(8-10-18)22(29)26-20-12-15(2)27-28(20)21-19(24)13-17(23)14-25-21/h7-10,12-14H,3-6,11H2,1-2H3,(H,26,29). The van der Waals surface area contributed by atoms with E-state index in [0.29, 0.717) is 39.5 Å². The van der Waals surface area contributed by atoms with Crippen molar-refractivity contribution in [2.24, 2.45) is 0 Å². The van der Waals surface area contributed by atoms with E-state index in [-0.39, 0.29) is 5.91 Å². The summed E-state index contributed by atoms with van der Waals surface area (Å²) < 4.78 is 7.21. The fourth-order valence-corrected chi connectivity index (χ4v) is 3.38. The van der Waals surface area contributed by atoms with Crippen LogP contribution in [0.4, 0.5) is 5.82 Å². The summed E-state index contributed by atoms with van der Waals surface area (Å²) in [6, 6.07) is 10.4. The molecule has 2 aromatic heterocycles. The summed E-state index contributed by atoms with van der Waals surface area (Å²) in [5.74, 6) is 1.33. The molecule has 1 aromatic carbocycles. The van der Waals surface area contributed by atoms with E-state index < -0.39 is 0 Å². The highest BCUT2D eigenvalue weighted by Gasteiger charge is 2.15. The van der Waals surface area contributed by atoms with Crippen molar-refractivity contribution in [1.82, 2.24) is 14.8 Å². The molecule has 0 atom stereocenters. The van der Waals surface area contributed by atoms with Gasteiger partial charge in [0.25, 0.3) is 5.91 Å². The molecule has 0 radical (unpaired) electrons. The number of carbonyl (C=O) groups is 1. The summed E-state index contributed by atoms with van der Waals surface area (Å²) in [5.41, 5.74) is 1.22. The number of rotatable bonds is 9. The number of aryl methyl sites for hydroxylation is 1. The molecular formula is C22H24Cl2N4O2. The molecule has 0 aliphatic rings. The summed E-state index contributed by atoms with van der Waals surface area (Å²) in [5, 5.41) is 8.00. The monoisotopic (exact) mass is 446 g/mol. The molecule has 3 rings (SSSR count). The van der Waals surface area contributed by atoms with E-state index in [0.717, 1.165) is 18.6 Å². The second-order valence-electron chi connectivity index (χ2n) is 6.93. The summed E-state index contributed by atoms with van der Waals surface area (Å²) >= 11 is 12.2. The number of amides is 1. The Hall–Kier alpha value is -2.57. The molecule has 0 aliphatic heterocycles. The fourth-order valence-electron chi connectivity index (χ4n) is 2.92. The van der Waals surface area contributed by atoms with Gasteiger partial charge in [0.1, 0.15) is 11.6 Å². The van der Waals surface area contributed by atoms with Crippen molar-refractivity contribution in [3.8, 4) is 11.6 Å². The topological polar surface area (TPSA) is 69.0 Å². The molecule has 0 saturated heterocycles. The van der Waals surface area contributed by atoms with Gasteiger partial charge in [-0.3, -0.25) is 4.79 Å². The number of aromatic nitrogens is 3. The molecular weight excluding hydrogens is 423 g/mol. The first kappa shape index (κ1) is 22.1. The molecule has 0 fully saturated rings. The number of nitrogens with zero attached hydrogens (tertiary/aromatic N) is 3. The van der Waals surface area contributed by atoms with Crippen LogP contribution in [-0.4, -0.2) is 27.3 Å². The van der Waals surface area contributed by atoms with E-state index in [1.807, 2.05) is 6.92 Å². The Bertz CT molecular complexity index is 1000. The fraction of sp³-hybridized carbons (Fsp3) is 0.318. The lowest BCUT2D eigenvalue weighted by molar-refractivity contribution is 0.102. The molecule has 0 unspecified atom stereocenters. The molecule has 30 heavy (non-hydrogen) atoms. The van der Waals surface area contributed by atoms with Crippen LogP contribution < -0.4 is 10.1 Å². The third kappa shape index (κ3) is 5.74. The van der Waals surface area contributed by atoms with Crippen LogP contribution in [0.2, 0.25) is 10.0 Å². The maximum atomic E-state index is 12.7. The average Bonchev–Trinajstić information content (AvgIpc) is 3.08. The lowest BCUT2D eigenvalue weighted by Gasteiger charge is -2.10. The van der Waals surface area contributed by atoms with Gasteiger partial charge in [-0.05, 0) is 43.7 Å². The van der Waals surface area contributed by atoms with Crippen molar-refractivity contribution in [1.29, 1.82) is 0 Å². The lowest BCUT2D eigenvalue weighted by atomic mass is 10.2. The number of unbranched alkanes of at least 4 members (excludes halogenated alkanes) is 3. The highest BCUT2D eigenvalue weighted by molar-refractivity contribution is 6.35. The number of hydrogen-bond donors (Lipinski definition) is 1. The van der Waals surface area contributed by atoms with Crippen LogP contribution in [-0.2, 0) is 0 Å². The minimum atomic E-state index is -0.268. The quantitative estimate of drug-likeness (QED) is 0.403. The SMILES string of the molecule is CCCCCCOc1ccc(C(=O)Nc2cc(C)nn2-c2ncc(Cl)cc2Cl)cc1. The molecule has 158 valence electrons. The summed E-state index contributed by atoms with van der Waals surface area (Å²) in [6.07, 6.45) is 6.08. The molecule has 6 nitrogen and oxygen atoms in total. The van der Waals surface area contributed by atoms with Crippen molar-refractivity contribution in [3.05, 3.63) is 63.9 Å². The minimum Gasteiger partial charge on any atom is -0.494 e. The van der Waals surface area contributed by atoms with Crippen LogP contribution >= 0.6 is 23.2 Å². The minimum absolute atomic E-state index is 0.268. The maximum Gasteiger partial charge on any atom is 0.256 e. The number of anilines is 1. The molecule has 0 aliphatic carbocycles. The number of hydrogen-bond acceptors (Lipinski definition) is 4. The van der Waals surface area contributed by atoms with Crippen LogP contribution in [0, 0.1) is 6.92 Å². The number of halogens is 2. The smallest absolute Gasteiger partial charge is 0.256 e. The first-order valence-corrected chi connectivity index (χ1v) is 10.7. The van der Waals surface area contributed by atoms with Gasteiger partial charge in [0.05, 0.1) is 22.3 Å². The predicted molar refractivity (Wildman–Crippen MR) is 120 cm³/mol. The van der Waals surface area contributed by atoms with Crippen LogP contribution in [0.1, 0.15) is 48.7 Å². The highest BCUT2D eigenvalue weighted by Crippen LogP contribution is 2.25. The van der Waals surface area contributed by atoms with Crippen molar-refractivity contribution in [3.63, 3.8) is 0 Å². The van der Waals surface area contributed by atoms with Crippen LogP contribution in [0.3, 0.4) is 0 Å². The first-order valence-electron chi connectivity index (χ1n) is 9.90.